The molecular weight excluding hydrogens is 875 g/mol. The third-order valence-corrected chi connectivity index (χ3v) is 14.0. The first-order valence-electron chi connectivity index (χ1n) is 24.2. The van der Waals surface area contributed by atoms with Gasteiger partial charge in [0.1, 0.15) is 29.9 Å². The number of carbonyl (C=O) groups is 1. The summed E-state index contributed by atoms with van der Waals surface area (Å²) in [5, 5.41) is 38.5. The van der Waals surface area contributed by atoms with Crippen molar-refractivity contribution in [1.82, 2.24) is 4.90 Å². The maximum absolute atomic E-state index is 14.8. The molecule has 2 aliphatic carbocycles. The van der Waals surface area contributed by atoms with Crippen LogP contribution < -0.4 is 9.47 Å². The summed E-state index contributed by atoms with van der Waals surface area (Å²) in [5.41, 5.74) is 6.25. The Hall–Kier alpha value is -6.54. The van der Waals surface area contributed by atoms with Crippen molar-refractivity contribution in [2.45, 2.75) is 96.6 Å². The molecule has 0 saturated heterocycles. The zero-order valence-corrected chi connectivity index (χ0v) is 39.8. The van der Waals surface area contributed by atoms with Gasteiger partial charge in [0, 0.05) is 43.2 Å². The van der Waals surface area contributed by atoms with E-state index in [-0.39, 0.29) is 69.4 Å². The van der Waals surface area contributed by atoms with E-state index >= 15 is 0 Å². The summed E-state index contributed by atoms with van der Waals surface area (Å²) in [4.78, 5) is 33.8. The van der Waals surface area contributed by atoms with Crippen LogP contribution in [0.1, 0.15) is 85.6 Å². The minimum atomic E-state index is -1.52. The standard InChI is InChI=1S/C56H63N3O10/c1-5-30-66-56-52(58(55(62)65-6-2)35-42-17-13-16-40-14-7-8-18-46(40)42)34-50(57-67-36-39-21-23-43(24-22-39)59(63)64)48-32-41(15-9-11-28-60)47(19-10-12-29-61)53(54(48)56)49-33-45(26-27-51(49)69-56)68-44-25-20-37(3)38(4)31-44/h5,7-8,13-14,16-18,20-27,31-33,41,47,52-54,60-61H,1,6,9-12,15,19,28-30,34-36H2,2-4H3/t41-,47+,52-,53+,54+,56+/m0/s1. The van der Waals surface area contributed by atoms with Gasteiger partial charge in [0.2, 0.25) is 5.79 Å². The van der Waals surface area contributed by atoms with Crippen LogP contribution in [-0.4, -0.2) is 70.1 Å². The number of ether oxygens (including phenoxy) is 4. The molecule has 69 heavy (non-hydrogen) atoms. The quantitative estimate of drug-likeness (QED) is 0.0313. The smallest absolute Gasteiger partial charge is 0.410 e. The Balaban J connectivity index is 1.34. The molecule has 1 fully saturated rings. The average Bonchev–Trinajstić information content (AvgIpc) is 3.35. The molecule has 1 saturated carbocycles. The van der Waals surface area contributed by atoms with E-state index in [0.717, 1.165) is 64.3 Å². The van der Waals surface area contributed by atoms with Crippen LogP contribution in [0.5, 0.6) is 17.2 Å². The van der Waals surface area contributed by atoms with Crippen LogP contribution in [-0.2, 0) is 27.5 Å². The highest BCUT2D eigenvalue weighted by Gasteiger charge is 2.65. The highest BCUT2D eigenvalue weighted by atomic mass is 16.7. The van der Waals surface area contributed by atoms with E-state index < -0.39 is 28.8 Å². The van der Waals surface area contributed by atoms with Gasteiger partial charge in [-0.15, -0.1) is 6.58 Å². The number of nitrogens with zero attached hydrogens (tertiary/aromatic N) is 3. The molecule has 0 bridgehead atoms. The van der Waals surface area contributed by atoms with Gasteiger partial charge in [-0.2, -0.15) is 0 Å². The second-order valence-corrected chi connectivity index (χ2v) is 18.3. The minimum Gasteiger partial charge on any atom is -0.459 e. The Morgan fingerprint density at radius 2 is 1.67 bits per heavy atom. The molecule has 2 N–H and O–H groups in total. The summed E-state index contributed by atoms with van der Waals surface area (Å²) in [6.45, 7) is 10.5. The van der Waals surface area contributed by atoms with Crippen LogP contribution in [0.25, 0.3) is 10.8 Å². The van der Waals surface area contributed by atoms with E-state index in [0.29, 0.717) is 41.4 Å². The molecule has 5 aromatic rings. The zero-order valence-electron chi connectivity index (χ0n) is 39.8. The topological polar surface area (TPSA) is 162 Å². The van der Waals surface area contributed by atoms with Gasteiger partial charge in [0.05, 0.1) is 36.3 Å². The Bertz CT molecular complexity index is 2680. The first-order chi connectivity index (χ1) is 33.6. The maximum Gasteiger partial charge on any atom is 0.410 e. The number of non-ortho nitro benzene ring substituents is 1. The first-order valence-corrected chi connectivity index (χ1v) is 24.2. The lowest BCUT2D eigenvalue weighted by Gasteiger charge is -2.59. The highest BCUT2D eigenvalue weighted by molar-refractivity contribution is 6.03. The molecule has 1 amide bonds. The molecule has 1 heterocycles. The van der Waals surface area contributed by atoms with Crippen LogP contribution in [0.15, 0.2) is 133 Å². The molecule has 3 aliphatic rings. The summed E-state index contributed by atoms with van der Waals surface area (Å²) in [5.74, 6) is -0.432. The van der Waals surface area contributed by atoms with Crippen molar-refractivity contribution in [2.24, 2.45) is 22.9 Å². The summed E-state index contributed by atoms with van der Waals surface area (Å²) in [7, 11) is 0. The van der Waals surface area contributed by atoms with Gasteiger partial charge in [0.25, 0.3) is 5.69 Å². The Morgan fingerprint density at radius 1 is 0.928 bits per heavy atom. The Labute approximate surface area is 404 Å². The molecule has 0 unspecified atom stereocenters. The average molecular weight is 938 g/mol. The first kappa shape index (κ1) is 48.9. The summed E-state index contributed by atoms with van der Waals surface area (Å²) in [6.07, 6.45) is 7.94. The number of hydrogen-bond acceptors (Lipinski definition) is 11. The van der Waals surface area contributed by atoms with E-state index in [1.807, 2.05) is 66.7 Å². The van der Waals surface area contributed by atoms with Crippen molar-refractivity contribution in [1.29, 1.82) is 0 Å². The van der Waals surface area contributed by atoms with Crippen LogP contribution in [0.4, 0.5) is 10.5 Å². The lowest BCUT2D eigenvalue weighted by atomic mass is 9.55. The normalized spacial score (nSPS) is 21.9. The van der Waals surface area contributed by atoms with Gasteiger partial charge >= 0.3 is 6.09 Å². The zero-order chi connectivity index (χ0) is 48.5. The lowest BCUT2D eigenvalue weighted by molar-refractivity contribution is -0.384. The number of nitro groups is 1. The number of amides is 1. The number of benzene rings is 5. The molecule has 13 nitrogen and oxygen atoms in total. The van der Waals surface area contributed by atoms with Gasteiger partial charge in [-0.25, -0.2) is 4.79 Å². The lowest BCUT2D eigenvalue weighted by Crippen LogP contribution is -2.70. The van der Waals surface area contributed by atoms with Crippen molar-refractivity contribution in [3.05, 3.63) is 165 Å². The molecule has 362 valence electrons. The van der Waals surface area contributed by atoms with E-state index in [1.54, 1.807) is 30.0 Å². The Kier molecular flexibility index (Phi) is 15.8. The van der Waals surface area contributed by atoms with Crippen molar-refractivity contribution in [3.8, 4) is 17.2 Å². The maximum atomic E-state index is 14.8. The number of aryl methyl sites for hydroxylation is 2. The predicted molar refractivity (Wildman–Crippen MR) is 265 cm³/mol. The molecule has 0 spiro atoms. The molecule has 1 aliphatic heterocycles. The number of aliphatic hydroxyl groups excluding tert-OH is 2. The van der Waals surface area contributed by atoms with Crippen molar-refractivity contribution < 1.29 is 43.7 Å². The molecule has 6 atom stereocenters. The fraction of sp³-hybridized carbons (Fsp3) is 0.393. The Morgan fingerprint density at radius 3 is 2.41 bits per heavy atom. The van der Waals surface area contributed by atoms with Gasteiger partial charge in [0.15, 0.2) is 0 Å². The third-order valence-electron chi connectivity index (χ3n) is 14.0. The molecule has 13 heteroatoms. The van der Waals surface area contributed by atoms with Crippen LogP contribution in [0.2, 0.25) is 0 Å². The summed E-state index contributed by atoms with van der Waals surface area (Å²) >= 11 is 0. The SMILES string of the molecule is C=CCO[C@@]12Oc3ccc(Oc4ccc(C)c(C)c4)cc3[C@H]3[C@H](CCCCO)[C@@H](CCCCO)C=C(C(=NOCc4ccc([N+](=O)[O-])cc4)C[C@@H]1N(Cc1cccc4ccccc14)C(=O)OCC)[C@H]32. The van der Waals surface area contributed by atoms with Crippen molar-refractivity contribution in [2.75, 3.05) is 26.4 Å². The van der Waals surface area contributed by atoms with E-state index in [2.05, 4.69) is 38.6 Å². The fourth-order valence-electron chi connectivity index (χ4n) is 10.6. The van der Waals surface area contributed by atoms with Crippen molar-refractivity contribution in [3.63, 3.8) is 0 Å². The van der Waals surface area contributed by atoms with Gasteiger partial charge < -0.3 is 34.0 Å². The van der Waals surface area contributed by atoms with E-state index in [4.69, 9.17) is 28.9 Å². The van der Waals surface area contributed by atoms with Crippen molar-refractivity contribution >= 4 is 28.3 Å². The number of allylic oxidation sites excluding steroid dienone is 1. The number of hydrogen-bond donors (Lipinski definition) is 2. The van der Waals surface area contributed by atoms with Crippen LogP contribution in [0, 0.1) is 41.7 Å². The summed E-state index contributed by atoms with van der Waals surface area (Å²) in [6, 6.07) is 31.4. The number of oxime groups is 1. The summed E-state index contributed by atoms with van der Waals surface area (Å²) < 4.78 is 27.2. The second-order valence-electron chi connectivity index (χ2n) is 18.3. The largest absolute Gasteiger partial charge is 0.459 e. The van der Waals surface area contributed by atoms with E-state index in [9.17, 15) is 25.1 Å². The van der Waals surface area contributed by atoms with Crippen LogP contribution >= 0.6 is 0 Å². The van der Waals surface area contributed by atoms with Crippen LogP contribution in [0.3, 0.4) is 0 Å². The fourth-order valence-corrected chi connectivity index (χ4v) is 10.6. The molecule has 8 rings (SSSR count). The number of aliphatic hydroxyl groups is 2. The number of carbonyl (C=O) groups excluding carboxylic acids is 1. The van der Waals surface area contributed by atoms with Gasteiger partial charge in [-0.1, -0.05) is 78.7 Å². The molecule has 0 aromatic heterocycles. The highest BCUT2D eigenvalue weighted by Crippen LogP contribution is 2.62. The van der Waals surface area contributed by atoms with Gasteiger partial charge in [-0.3, -0.25) is 15.0 Å². The second kappa shape index (κ2) is 22.3. The molecule has 0 radical (unpaired) electrons. The van der Waals surface area contributed by atoms with Gasteiger partial charge in [-0.05, 0) is 139 Å². The van der Waals surface area contributed by atoms with E-state index in [1.165, 1.54) is 12.1 Å². The monoisotopic (exact) mass is 937 g/mol. The predicted octanol–water partition coefficient (Wildman–Crippen LogP) is 11.6. The minimum absolute atomic E-state index is 0.00661. The number of nitro benzene ring substituents is 1. The molecule has 5 aromatic carbocycles. The number of unbranched alkanes of at least 4 members (excludes halogenated alkanes) is 2. The number of fused-ring (bicyclic) bond motifs is 3. The third kappa shape index (κ3) is 10.6. The number of rotatable bonds is 21. The molecular formula is C56H63N3O10.